The minimum absolute atomic E-state index is 0.0635. The van der Waals surface area contributed by atoms with Crippen molar-refractivity contribution in [2.45, 2.75) is 24.7 Å². The van der Waals surface area contributed by atoms with Crippen LogP contribution in [0.4, 0.5) is 0 Å². The highest BCUT2D eigenvalue weighted by Gasteiger charge is 2.31. The second kappa shape index (κ2) is 7.21. The van der Waals surface area contributed by atoms with E-state index >= 15 is 0 Å². The van der Waals surface area contributed by atoms with Crippen molar-refractivity contribution in [2.24, 2.45) is 11.8 Å². The predicted molar refractivity (Wildman–Crippen MR) is 81.0 cm³/mol. The van der Waals surface area contributed by atoms with Crippen LogP contribution >= 0.6 is 0 Å². The lowest BCUT2D eigenvalue weighted by atomic mass is 9.86. The summed E-state index contributed by atoms with van der Waals surface area (Å²) in [5.74, 6) is -1.77. The fourth-order valence-corrected chi connectivity index (χ4v) is 3.80. The number of carbonyl (C=O) groups is 1. The first-order chi connectivity index (χ1) is 10.4. The Morgan fingerprint density at radius 3 is 2.68 bits per heavy atom. The molecule has 2 rings (SSSR count). The fraction of sp³-hybridized carbons (Fsp3) is 0.533. The summed E-state index contributed by atoms with van der Waals surface area (Å²) in [4.78, 5) is 11.6. The molecule has 1 unspecified atom stereocenters. The van der Waals surface area contributed by atoms with Gasteiger partial charge in [0.1, 0.15) is 0 Å². The summed E-state index contributed by atoms with van der Waals surface area (Å²) in [6.45, 7) is 2.76. The molecule has 0 aliphatic carbocycles. The highest BCUT2D eigenvalue weighted by Crippen LogP contribution is 2.24. The first kappa shape index (κ1) is 16.9. The summed E-state index contributed by atoms with van der Waals surface area (Å²) in [6, 6.07) is 6.53. The molecule has 6 nitrogen and oxygen atoms in total. The molecule has 1 aliphatic heterocycles. The average molecular weight is 327 g/mol. The van der Waals surface area contributed by atoms with Crippen molar-refractivity contribution in [3.05, 3.63) is 29.8 Å². The highest BCUT2D eigenvalue weighted by molar-refractivity contribution is 7.89. The quantitative estimate of drug-likeness (QED) is 0.824. The molecule has 122 valence electrons. The number of aliphatic carboxylic acids is 1. The van der Waals surface area contributed by atoms with Gasteiger partial charge in [-0.3, -0.25) is 4.79 Å². The molecule has 0 bridgehead atoms. The molecular weight excluding hydrogens is 306 g/mol. The van der Waals surface area contributed by atoms with Gasteiger partial charge in [0.05, 0.1) is 10.8 Å². The van der Waals surface area contributed by atoms with Crippen LogP contribution in [0.25, 0.3) is 0 Å². The van der Waals surface area contributed by atoms with E-state index in [1.165, 1.54) is 6.07 Å². The Hall–Kier alpha value is -1.44. The van der Waals surface area contributed by atoms with E-state index in [9.17, 15) is 18.3 Å². The smallest absolute Gasteiger partial charge is 0.308 e. The maximum atomic E-state index is 12.3. The minimum atomic E-state index is -3.69. The second-order valence-electron chi connectivity index (χ2n) is 5.56. The molecule has 1 atom stereocenters. The Morgan fingerprint density at radius 2 is 2.09 bits per heavy atom. The number of ether oxygens (including phenoxy) is 1. The molecule has 1 aliphatic rings. The van der Waals surface area contributed by atoms with Crippen LogP contribution in [0.15, 0.2) is 29.2 Å². The van der Waals surface area contributed by atoms with Crippen LogP contribution in [-0.4, -0.2) is 39.3 Å². The van der Waals surface area contributed by atoms with Gasteiger partial charge in [-0.1, -0.05) is 12.1 Å². The van der Waals surface area contributed by atoms with Crippen molar-refractivity contribution in [1.82, 2.24) is 4.72 Å². The summed E-state index contributed by atoms with van der Waals surface area (Å²) in [6.07, 6.45) is 1.28. The van der Waals surface area contributed by atoms with Crippen molar-refractivity contribution in [3.63, 3.8) is 0 Å². The van der Waals surface area contributed by atoms with Crippen molar-refractivity contribution in [3.8, 4) is 0 Å². The SMILES string of the molecule is Cc1cccc(S(=O)(=O)NCC(C(=O)O)C2CCOCC2)c1. The van der Waals surface area contributed by atoms with E-state index in [2.05, 4.69) is 4.72 Å². The summed E-state index contributed by atoms with van der Waals surface area (Å²) >= 11 is 0. The molecular formula is C15H21NO5S. The van der Waals surface area contributed by atoms with E-state index in [4.69, 9.17) is 4.74 Å². The number of rotatable bonds is 6. The molecule has 1 fully saturated rings. The van der Waals surface area contributed by atoms with Gasteiger partial charge in [-0.15, -0.1) is 0 Å². The second-order valence-corrected chi connectivity index (χ2v) is 7.33. The summed E-state index contributed by atoms with van der Waals surface area (Å²) in [7, 11) is -3.69. The van der Waals surface area contributed by atoms with E-state index < -0.39 is 21.9 Å². The van der Waals surface area contributed by atoms with E-state index in [1.54, 1.807) is 25.1 Å². The van der Waals surface area contributed by atoms with Crippen molar-refractivity contribution < 1.29 is 23.1 Å². The van der Waals surface area contributed by atoms with Gasteiger partial charge in [0, 0.05) is 19.8 Å². The van der Waals surface area contributed by atoms with Crippen molar-refractivity contribution in [1.29, 1.82) is 0 Å². The summed E-state index contributed by atoms with van der Waals surface area (Å²) in [5.41, 5.74) is 0.835. The third-order valence-electron chi connectivity index (χ3n) is 3.95. The van der Waals surface area contributed by atoms with E-state index in [0.717, 1.165) is 5.56 Å². The topological polar surface area (TPSA) is 92.7 Å². The largest absolute Gasteiger partial charge is 0.481 e. The van der Waals surface area contributed by atoms with Crippen LogP contribution < -0.4 is 4.72 Å². The molecule has 22 heavy (non-hydrogen) atoms. The number of sulfonamides is 1. The maximum Gasteiger partial charge on any atom is 0.308 e. The fourth-order valence-electron chi connectivity index (χ4n) is 2.64. The lowest BCUT2D eigenvalue weighted by Gasteiger charge is -2.27. The lowest BCUT2D eigenvalue weighted by Crippen LogP contribution is -2.38. The van der Waals surface area contributed by atoms with Gasteiger partial charge in [0.2, 0.25) is 10.0 Å². The Bertz CT molecular complexity index is 623. The zero-order valence-electron chi connectivity index (χ0n) is 12.5. The number of benzene rings is 1. The van der Waals surface area contributed by atoms with Gasteiger partial charge in [-0.2, -0.15) is 0 Å². The molecule has 0 spiro atoms. The first-order valence-corrected chi connectivity index (χ1v) is 8.75. The number of nitrogens with one attached hydrogen (secondary N) is 1. The normalized spacial score (nSPS) is 18.0. The lowest BCUT2D eigenvalue weighted by molar-refractivity contribution is -0.144. The van der Waals surface area contributed by atoms with Crippen LogP contribution in [0, 0.1) is 18.8 Å². The van der Waals surface area contributed by atoms with E-state index in [1.807, 2.05) is 0 Å². The third kappa shape index (κ3) is 4.28. The predicted octanol–water partition coefficient (Wildman–Crippen LogP) is 1.40. The zero-order chi connectivity index (χ0) is 16.2. The minimum Gasteiger partial charge on any atom is -0.481 e. The van der Waals surface area contributed by atoms with Crippen LogP contribution in [0.3, 0.4) is 0 Å². The van der Waals surface area contributed by atoms with Crippen LogP contribution in [0.5, 0.6) is 0 Å². The molecule has 1 saturated heterocycles. The van der Waals surface area contributed by atoms with Crippen molar-refractivity contribution >= 4 is 16.0 Å². The average Bonchev–Trinajstić information content (AvgIpc) is 2.48. The van der Waals surface area contributed by atoms with E-state index in [0.29, 0.717) is 26.1 Å². The van der Waals surface area contributed by atoms with Crippen LogP contribution in [-0.2, 0) is 19.6 Å². The Balaban J connectivity index is 2.06. The Morgan fingerprint density at radius 1 is 1.41 bits per heavy atom. The standard InChI is InChI=1S/C15H21NO5S/c1-11-3-2-4-13(9-11)22(19,20)16-10-14(15(17)18)12-5-7-21-8-6-12/h2-4,9,12,14,16H,5-8,10H2,1H3,(H,17,18). The number of carboxylic acid groups (broad SMARTS) is 1. The number of hydrogen-bond acceptors (Lipinski definition) is 4. The van der Waals surface area contributed by atoms with Gasteiger partial charge in [0.15, 0.2) is 0 Å². The maximum absolute atomic E-state index is 12.3. The van der Waals surface area contributed by atoms with Crippen LogP contribution in [0.2, 0.25) is 0 Å². The van der Waals surface area contributed by atoms with Crippen LogP contribution in [0.1, 0.15) is 18.4 Å². The molecule has 1 aromatic carbocycles. The zero-order valence-corrected chi connectivity index (χ0v) is 13.3. The third-order valence-corrected chi connectivity index (χ3v) is 5.37. The molecule has 7 heteroatoms. The van der Waals surface area contributed by atoms with Gasteiger partial charge < -0.3 is 9.84 Å². The molecule has 0 aromatic heterocycles. The Kier molecular flexibility index (Phi) is 5.55. The number of hydrogen-bond donors (Lipinski definition) is 2. The molecule has 2 N–H and O–H groups in total. The summed E-state index contributed by atoms with van der Waals surface area (Å²) in [5, 5.41) is 9.36. The monoisotopic (exact) mass is 327 g/mol. The molecule has 0 amide bonds. The number of carboxylic acids is 1. The number of aryl methyl sites for hydroxylation is 1. The Labute approximate surface area is 130 Å². The molecule has 1 heterocycles. The van der Waals surface area contributed by atoms with Gasteiger partial charge in [-0.25, -0.2) is 13.1 Å². The summed E-state index contributed by atoms with van der Waals surface area (Å²) < 4.78 is 32.2. The first-order valence-electron chi connectivity index (χ1n) is 7.27. The van der Waals surface area contributed by atoms with Gasteiger partial charge in [0.25, 0.3) is 0 Å². The van der Waals surface area contributed by atoms with E-state index in [-0.39, 0.29) is 17.4 Å². The molecule has 0 radical (unpaired) electrons. The molecule has 0 saturated carbocycles. The van der Waals surface area contributed by atoms with Gasteiger partial charge in [-0.05, 0) is 43.4 Å². The van der Waals surface area contributed by atoms with Gasteiger partial charge >= 0.3 is 5.97 Å². The van der Waals surface area contributed by atoms with Crippen molar-refractivity contribution in [2.75, 3.05) is 19.8 Å². The molecule has 1 aromatic rings. The highest BCUT2D eigenvalue weighted by atomic mass is 32.2.